The van der Waals surface area contributed by atoms with Gasteiger partial charge >= 0.3 is 0 Å². The second-order valence-corrected chi connectivity index (χ2v) is 6.85. The van der Waals surface area contributed by atoms with Crippen LogP contribution in [0, 0.1) is 0 Å². The van der Waals surface area contributed by atoms with Gasteiger partial charge in [-0.2, -0.15) is 0 Å². The van der Waals surface area contributed by atoms with E-state index >= 15 is 0 Å². The third kappa shape index (κ3) is 4.11. The van der Waals surface area contributed by atoms with E-state index in [-0.39, 0.29) is 5.78 Å². The van der Waals surface area contributed by atoms with Crippen LogP contribution in [0.5, 0.6) is 11.5 Å². The summed E-state index contributed by atoms with van der Waals surface area (Å²) in [5, 5.41) is 0. The largest absolute Gasteiger partial charge is 0.496 e. The quantitative estimate of drug-likeness (QED) is 0.352. The molecule has 4 aromatic rings. The molecule has 0 amide bonds. The van der Waals surface area contributed by atoms with E-state index in [1.165, 1.54) is 0 Å². The summed E-state index contributed by atoms with van der Waals surface area (Å²) in [4.78, 5) is 13.5. The van der Waals surface area contributed by atoms with E-state index in [4.69, 9.17) is 9.47 Å². The molecule has 30 heavy (non-hydrogen) atoms. The number of methoxy groups -OCH3 is 1. The van der Waals surface area contributed by atoms with Crippen molar-refractivity contribution >= 4 is 5.78 Å². The molecule has 0 aliphatic heterocycles. The molecule has 148 valence electrons. The van der Waals surface area contributed by atoms with Gasteiger partial charge in [-0.1, -0.05) is 84.9 Å². The zero-order chi connectivity index (χ0) is 20.8. The molecule has 0 radical (unpaired) electrons. The Morgan fingerprint density at radius 1 is 0.700 bits per heavy atom. The zero-order valence-corrected chi connectivity index (χ0v) is 16.7. The minimum absolute atomic E-state index is 0.131. The lowest BCUT2D eigenvalue weighted by atomic mass is 9.96. The first-order valence-corrected chi connectivity index (χ1v) is 9.81. The second-order valence-electron chi connectivity index (χ2n) is 6.85. The van der Waals surface area contributed by atoms with Gasteiger partial charge in [0.2, 0.25) is 0 Å². The highest BCUT2D eigenvalue weighted by molar-refractivity contribution is 6.13. The fourth-order valence-corrected chi connectivity index (χ4v) is 3.42. The molecule has 0 saturated heterocycles. The van der Waals surface area contributed by atoms with Gasteiger partial charge in [0.1, 0.15) is 18.1 Å². The van der Waals surface area contributed by atoms with Crippen LogP contribution in [0.2, 0.25) is 0 Å². The maximum absolute atomic E-state index is 13.5. The summed E-state index contributed by atoms with van der Waals surface area (Å²) < 4.78 is 11.7. The van der Waals surface area contributed by atoms with Crippen molar-refractivity contribution in [1.29, 1.82) is 0 Å². The van der Waals surface area contributed by atoms with Crippen LogP contribution in [-0.4, -0.2) is 12.9 Å². The minimum atomic E-state index is -0.131. The Kier molecular flexibility index (Phi) is 5.90. The third-order valence-corrected chi connectivity index (χ3v) is 4.92. The lowest BCUT2D eigenvalue weighted by molar-refractivity contribution is 0.103. The summed E-state index contributed by atoms with van der Waals surface area (Å²) in [6.45, 7) is 0.372. The normalized spacial score (nSPS) is 10.4. The topological polar surface area (TPSA) is 35.5 Å². The smallest absolute Gasteiger partial charge is 0.200 e. The van der Waals surface area contributed by atoms with Gasteiger partial charge < -0.3 is 9.47 Å². The van der Waals surface area contributed by atoms with Crippen LogP contribution in [0.4, 0.5) is 0 Å². The molecule has 4 rings (SSSR count). The van der Waals surface area contributed by atoms with E-state index < -0.39 is 0 Å². The molecule has 0 bridgehead atoms. The van der Waals surface area contributed by atoms with Crippen LogP contribution in [0.15, 0.2) is 103 Å². The van der Waals surface area contributed by atoms with Gasteiger partial charge in [-0.3, -0.25) is 4.79 Å². The lowest BCUT2D eigenvalue weighted by Crippen LogP contribution is -2.08. The van der Waals surface area contributed by atoms with Crippen molar-refractivity contribution in [2.45, 2.75) is 6.61 Å². The van der Waals surface area contributed by atoms with Crippen LogP contribution in [0.25, 0.3) is 11.1 Å². The van der Waals surface area contributed by atoms with Crippen LogP contribution in [0.3, 0.4) is 0 Å². The van der Waals surface area contributed by atoms with E-state index in [1.807, 2.05) is 91.0 Å². The molecule has 0 saturated carbocycles. The average Bonchev–Trinajstić information content (AvgIpc) is 2.83. The van der Waals surface area contributed by atoms with Gasteiger partial charge in [-0.05, 0) is 29.3 Å². The Morgan fingerprint density at radius 2 is 1.33 bits per heavy atom. The average molecular weight is 394 g/mol. The molecule has 0 spiro atoms. The Morgan fingerprint density at radius 3 is 2.07 bits per heavy atom. The van der Waals surface area contributed by atoms with Crippen LogP contribution in [-0.2, 0) is 6.61 Å². The predicted octanol–water partition coefficient (Wildman–Crippen LogP) is 6.17. The van der Waals surface area contributed by atoms with Gasteiger partial charge in [-0.25, -0.2) is 0 Å². The number of hydrogen-bond donors (Lipinski definition) is 0. The van der Waals surface area contributed by atoms with E-state index in [2.05, 4.69) is 0 Å². The molecule has 3 nitrogen and oxygen atoms in total. The molecular formula is C27H22O3. The van der Waals surface area contributed by atoms with Crippen molar-refractivity contribution < 1.29 is 14.3 Å². The van der Waals surface area contributed by atoms with Crippen molar-refractivity contribution in [3.8, 4) is 22.6 Å². The Balaban J connectivity index is 1.80. The molecule has 0 aromatic heterocycles. The number of para-hydroxylation sites is 2. The molecule has 0 atom stereocenters. The van der Waals surface area contributed by atoms with Crippen molar-refractivity contribution in [1.82, 2.24) is 0 Å². The van der Waals surface area contributed by atoms with Crippen molar-refractivity contribution in [2.75, 3.05) is 7.11 Å². The summed E-state index contributed by atoms with van der Waals surface area (Å²) in [6, 6.07) is 32.8. The van der Waals surface area contributed by atoms with E-state index in [1.54, 1.807) is 19.2 Å². The number of ketones is 1. The molecule has 0 unspecified atom stereocenters. The molecule has 0 N–H and O–H groups in total. The fraction of sp³-hybridized carbons (Fsp3) is 0.0741. The molecule has 3 heteroatoms. The van der Waals surface area contributed by atoms with Crippen LogP contribution in [0.1, 0.15) is 21.5 Å². The molecule has 0 fully saturated rings. The fourth-order valence-electron chi connectivity index (χ4n) is 3.42. The summed E-state index contributed by atoms with van der Waals surface area (Å²) in [5.41, 5.74) is 3.94. The van der Waals surface area contributed by atoms with E-state index in [0.717, 1.165) is 16.7 Å². The van der Waals surface area contributed by atoms with Crippen LogP contribution < -0.4 is 9.47 Å². The summed E-state index contributed by atoms with van der Waals surface area (Å²) >= 11 is 0. The molecule has 0 aliphatic carbocycles. The van der Waals surface area contributed by atoms with Gasteiger partial charge in [0.15, 0.2) is 5.78 Å². The Labute approximate surface area is 176 Å². The summed E-state index contributed by atoms with van der Waals surface area (Å²) in [7, 11) is 1.57. The second kappa shape index (κ2) is 9.10. The number of carbonyl (C=O) groups is 1. The maximum atomic E-state index is 13.5. The molecule has 0 aliphatic rings. The Hall–Kier alpha value is -3.85. The number of hydrogen-bond acceptors (Lipinski definition) is 3. The summed E-state index contributed by atoms with van der Waals surface area (Å²) in [5.74, 6) is 0.985. The monoisotopic (exact) mass is 394 g/mol. The van der Waals surface area contributed by atoms with Gasteiger partial charge in [0.05, 0.1) is 18.2 Å². The van der Waals surface area contributed by atoms with Crippen molar-refractivity contribution in [2.24, 2.45) is 0 Å². The highest BCUT2D eigenvalue weighted by Gasteiger charge is 2.21. The van der Waals surface area contributed by atoms with Crippen LogP contribution >= 0.6 is 0 Å². The molecule has 4 aromatic carbocycles. The number of ether oxygens (including phenoxy) is 2. The SMILES string of the molecule is COc1ccccc1C(=O)c1cccc(-c2ccccc2)c1OCc1ccccc1. The number of benzene rings is 4. The highest BCUT2D eigenvalue weighted by atomic mass is 16.5. The first-order valence-electron chi connectivity index (χ1n) is 9.81. The van der Waals surface area contributed by atoms with Gasteiger partial charge in [-0.15, -0.1) is 0 Å². The standard InChI is InChI=1S/C27H22O3/c1-29-25-18-9-8-15-23(25)26(28)24-17-10-16-22(21-13-6-3-7-14-21)27(24)30-19-20-11-4-2-5-12-20/h2-18H,19H2,1H3. The highest BCUT2D eigenvalue weighted by Crippen LogP contribution is 2.36. The zero-order valence-electron chi connectivity index (χ0n) is 16.7. The van der Waals surface area contributed by atoms with E-state index in [0.29, 0.717) is 29.2 Å². The van der Waals surface area contributed by atoms with E-state index in [9.17, 15) is 4.79 Å². The third-order valence-electron chi connectivity index (χ3n) is 4.92. The van der Waals surface area contributed by atoms with Crippen molar-refractivity contribution in [3.05, 3.63) is 120 Å². The van der Waals surface area contributed by atoms with Gasteiger partial charge in [0, 0.05) is 5.56 Å². The Bertz CT molecular complexity index is 1140. The lowest BCUT2D eigenvalue weighted by Gasteiger charge is -2.17. The predicted molar refractivity (Wildman–Crippen MR) is 119 cm³/mol. The molecular weight excluding hydrogens is 372 g/mol. The molecule has 0 heterocycles. The summed E-state index contributed by atoms with van der Waals surface area (Å²) in [6.07, 6.45) is 0. The maximum Gasteiger partial charge on any atom is 0.200 e. The first-order chi connectivity index (χ1) is 14.8. The van der Waals surface area contributed by atoms with Crippen molar-refractivity contribution in [3.63, 3.8) is 0 Å². The first kappa shape index (κ1) is 19.5. The number of rotatable bonds is 7. The number of carbonyl (C=O) groups excluding carboxylic acids is 1. The van der Waals surface area contributed by atoms with Gasteiger partial charge in [0.25, 0.3) is 0 Å². The minimum Gasteiger partial charge on any atom is -0.496 e.